The molecule has 0 atom stereocenters. The standard InChI is InChI=1S/C20H10Cl2INO3/c21-12-4-6-15(16(22)9-12)18-7-5-14(26-18)10-17-20(25)27-19(24-17)11-2-1-3-13(23)8-11/h1-10H. The summed E-state index contributed by atoms with van der Waals surface area (Å²) >= 11 is 14.3. The Hall–Kier alpha value is -2.09. The topological polar surface area (TPSA) is 51.8 Å². The third-order valence-corrected chi connectivity index (χ3v) is 5.01. The normalized spacial score (nSPS) is 15.1. The first kappa shape index (κ1) is 18.3. The molecule has 3 aromatic rings. The van der Waals surface area contributed by atoms with E-state index in [4.69, 9.17) is 32.4 Å². The highest BCUT2D eigenvalue weighted by Crippen LogP contribution is 2.32. The van der Waals surface area contributed by atoms with Crippen molar-refractivity contribution < 1.29 is 13.9 Å². The molecule has 2 aromatic carbocycles. The summed E-state index contributed by atoms with van der Waals surface area (Å²) in [5.74, 6) is 0.788. The largest absolute Gasteiger partial charge is 0.457 e. The number of halogens is 3. The van der Waals surface area contributed by atoms with Crippen molar-refractivity contribution in [1.82, 2.24) is 0 Å². The van der Waals surface area contributed by atoms with Gasteiger partial charge in [0.05, 0.1) is 5.02 Å². The van der Waals surface area contributed by atoms with Crippen LogP contribution >= 0.6 is 45.8 Å². The predicted molar refractivity (Wildman–Crippen MR) is 114 cm³/mol. The van der Waals surface area contributed by atoms with E-state index in [0.717, 1.165) is 9.13 Å². The molecule has 134 valence electrons. The molecule has 4 nitrogen and oxygen atoms in total. The molecular formula is C20H10Cl2INO3. The van der Waals surface area contributed by atoms with Crippen LogP contribution in [-0.2, 0) is 9.53 Å². The monoisotopic (exact) mass is 509 g/mol. The molecule has 0 amide bonds. The maximum atomic E-state index is 12.1. The summed E-state index contributed by atoms with van der Waals surface area (Å²) in [5.41, 5.74) is 1.63. The fraction of sp³-hybridized carbons (Fsp3) is 0. The van der Waals surface area contributed by atoms with Crippen LogP contribution in [0.1, 0.15) is 11.3 Å². The lowest BCUT2D eigenvalue weighted by Crippen LogP contribution is -2.05. The maximum Gasteiger partial charge on any atom is 0.363 e. The number of furan rings is 1. The molecule has 1 aliphatic rings. The first-order valence-electron chi connectivity index (χ1n) is 7.83. The van der Waals surface area contributed by atoms with Crippen LogP contribution in [0.5, 0.6) is 0 Å². The molecule has 0 aliphatic carbocycles. The van der Waals surface area contributed by atoms with Crippen molar-refractivity contribution in [2.24, 2.45) is 4.99 Å². The molecule has 1 aliphatic heterocycles. The van der Waals surface area contributed by atoms with E-state index in [1.54, 1.807) is 30.3 Å². The van der Waals surface area contributed by atoms with Gasteiger partial charge >= 0.3 is 5.97 Å². The smallest absolute Gasteiger partial charge is 0.363 e. The molecular weight excluding hydrogens is 500 g/mol. The second-order valence-electron chi connectivity index (χ2n) is 5.67. The highest BCUT2D eigenvalue weighted by Gasteiger charge is 2.24. The van der Waals surface area contributed by atoms with Crippen molar-refractivity contribution >= 4 is 63.7 Å². The minimum absolute atomic E-state index is 0.173. The summed E-state index contributed by atoms with van der Waals surface area (Å²) in [6.07, 6.45) is 1.54. The van der Waals surface area contributed by atoms with Crippen molar-refractivity contribution in [3.8, 4) is 11.3 Å². The van der Waals surface area contributed by atoms with Crippen LogP contribution in [0, 0.1) is 3.57 Å². The minimum Gasteiger partial charge on any atom is -0.457 e. The van der Waals surface area contributed by atoms with Gasteiger partial charge in [0.1, 0.15) is 11.5 Å². The van der Waals surface area contributed by atoms with Crippen molar-refractivity contribution in [2.45, 2.75) is 0 Å². The van der Waals surface area contributed by atoms with Crippen molar-refractivity contribution in [3.63, 3.8) is 0 Å². The third kappa shape index (κ3) is 3.95. The van der Waals surface area contributed by atoms with E-state index in [9.17, 15) is 4.79 Å². The van der Waals surface area contributed by atoms with Crippen LogP contribution in [-0.4, -0.2) is 11.9 Å². The zero-order valence-corrected chi connectivity index (χ0v) is 17.2. The van der Waals surface area contributed by atoms with Gasteiger partial charge in [-0.1, -0.05) is 29.3 Å². The molecule has 0 saturated heterocycles. The summed E-state index contributed by atoms with van der Waals surface area (Å²) in [6.45, 7) is 0. The van der Waals surface area contributed by atoms with Gasteiger partial charge in [-0.3, -0.25) is 0 Å². The van der Waals surface area contributed by atoms with Gasteiger partial charge in [0.2, 0.25) is 5.90 Å². The van der Waals surface area contributed by atoms with E-state index in [1.165, 1.54) is 6.08 Å². The Morgan fingerprint density at radius 1 is 1.04 bits per heavy atom. The molecule has 0 radical (unpaired) electrons. The molecule has 0 unspecified atom stereocenters. The molecule has 0 saturated carbocycles. The van der Waals surface area contributed by atoms with Crippen LogP contribution in [0.2, 0.25) is 10.0 Å². The summed E-state index contributed by atoms with van der Waals surface area (Å²) in [6, 6.07) is 16.2. The van der Waals surface area contributed by atoms with Crippen molar-refractivity contribution in [3.05, 3.63) is 85.2 Å². The average Bonchev–Trinajstić information content (AvgIpc) is 3.23. The zero-order chi connectivity index (χ0) is 19.0. The molecule has 1 aromatic heterocycles. The molecule has 0 N–H and O–H groups in total. The number of esters is 1. The van der Waals surface area contributed by atoms with Gasteiger partial charge in [0, 0.05) is 25.8 Å². The molecule has 7 heteroatoms. The number of cyclic esters (lactones) is 1. The Balaban J connectivity index is 1.64. The summed E-state index contributed by atoms with van der Waals surface area (Å²) < 4.78 is 12.1. The quantitative estimate of drug-likeness (QED) is 0.240. The molecule has 0 fully saturated rings. The second-order valence-corrected chi connectivity index (χ2v) is 7.76. The van der Waals surface area contributed by atoms with E-state index in [1.807, 2.05) is 24.3 Å². The molecule has 27 heavy (non-hydrogen) atoms. The summed E-state index contributed by atoms with van der Waals surface area (Å²) in [4.78, 5) is 16.4. The van der Waals surface area contributed by atoms with Crippen LogP contribution in [0.15, 0.2) is 69.7 Å². The first-order valence-corrected chi connectivity index (χ1v) is 9.67. The zero-order valence-electron chi connectivity index (χ0n) is 13.6. The van der Waals surface area contributed by atoms with Crippen LogP contribution in [0.3, 0.4) is 0 Å². The van der Waals surface area contributed by atoms with E-state index in [0.29, 0.717) is 27.1 Å². The molecule has 4 rings (SSSR count). The first-order chi connectivity index (χ1) is 13.0. The molecule has 2 heterocycles. The van der Waals surface area contributed by atoms with Crippen LogP contribution in [0.25, 0.3) is 17.4 Å². The fourth-order valence-electron chi connectivity index (χ4n) is 2.55. The maximum absolute atomic E-state index is 12.1. The number of ether oxygens (including phenoxy) is 1. The number of aliphatic imine (C=N–C) groups is 1. The van der Waals surface area contributed by atoms with Gasteiger partial charge in [-0.2, -0.15) is 0 Å². The van der Waals surface area contributed by atoms with Gasteiger partial charge in [0.15, 0.2) is 5.70 Å². The number of nitrogens with zero attached hydrogens (tertiary/aromatic N) is 1. The lowest BCUT2D eigenvalue weighted by atomic mass is 10.2. The van der Waals surface area contributed by atoms with Gasteiger partial charge in [-0.25, -0.2) is 9.79 Å². The Morgan fingerprint density at radius 3 is 2.67 bits per heavy atom. The number of carbonyl (C=O) groups excluding carboxylic acids is 1. The minimum atomic E-state index is -0.522. The lowest BCUT2D eigenvalue weighted by Gasteiger charge is -2.00. The number of hydrogen-bond donors (Lipinski definition) is 0. The van der Waals surface area contributed by atoms with Crippen molar-refractivity contribution in [2.75, 3.05) is 0 Å². The SMILES string of the molecule is O=C1OC(c2cccc(I)c2)=NC1=Cc1ccc(-c2ccc(Cl)cc2Cl)o1. The van der Waals surface area contributed by atoms with Crippen LogP contribution in [0.4, 0.5) is 0 Å². The predicted octanol–water partition coefficient (Wildman–Crippen LogP) is 6.20. The Bertz CT molecular complexity index is 1120. The van der Waals surface area contributed by atoms with Gasteiger partial charge in [-0.15, -0.1) is 0 Å². The Morgan fingerprint density at radius 2 is 1.89 bits per heavy atom. The average molecular weight is 510 g/mol. The Kier molecular flexibility index (Phi) is 5.08. The highest BCUT2D eigenvalue weighted by molar-refractivity contribution is 14.1. The van der Waals surface area contributed by atoms with E-state index in [-0.39, 0.29) is 11.6 Å². The number of carbonyl (C=O) groups is 1. The van der Waals surface area contributed by atoms with Gasteiger partial charge < -0.3 is 9.15 Å². The van der Waals surface area contributed by atoms with E-state index < -0.39 is 5.97 Å². The second kappa shape index (κ2) is 7.50. The Labute approximate surface area is 178 Å². The summed E-state index contributed by atoms with van der Waals surface area (Å²) in [7, 11) is 0. The molecule has 0 spiro atoms. The number of rotatable bonds is 3. The van der Waals surface area contributed by atoms with Gasteiger partial charge in [-0.05, 0) is 71.1 Å². The van der Waals surface area contributed by atoms with Crippen molar-refractivity contribution in [1.29, 1.82) is 0 Å². The van der Waals surface area contributed by atoms with Gasteiger partial charge in [0.25, 0.3) is 0 Å². The number of hydrogen-bond acceptors (Lipinski definition) is 4. The highest BCUT2D eigenvalue weighted by atomic mass is 127. The fourth-order valence-corrected chi connectivity index (χ4v) is 3.60. The van der Waals surface area contributed by atoms with E-state index >= 15 is 0 Å². The molecule has 0 bridgehead atoms. The number of benzene rings is 2. The summed E-state index contributed by atoms with van der Waals surface area (Å²) in [5, 5.41) is 1.03. The third-order valence-electron chi connectivity index (χ3n) is 3.79. The lowest BCUT2D eigenvalue weighted by molar-refractivity contribution is -0.129. The van der Waals surface area contributed by atoms with E-state index in [2.05, 4.69) is 27.6 Å². The van der Waals surface area contributed by atoms with Crippen LogP contribution < -0.4 is 0 Å².